The molecule has 0 atom stereocenters. The molecular weight excluding hydrogens is 330 g/mol. The van der Waals surface area contributed by atoms with E-state index in [9.17, 15) is 9.59 Å². The Bertz CT molecular complexity index is 995. The molecule has 0 bridgehead atoms. The molecule has 132 valence electrons. The number of carbonyl (C=O) groups is 2. The molecule has 7 nitrogen and oxygen atoms in total. The molecule has 0 unspecified atom stereocenters. The molecular formula is C19H19N5O2. The predicted octanol–water partition coefficient (Wildman–Crippen LogP) is 3.65. The lowest BCUT2D eigenvalue weighted by atomic mass is 10.2. The van der Waals surface area contributed by atoms with Gasteiger partial charge in [0.05, 0.1) is 0 Å². The summed E-state index contributed by atoms with van der Waals surface area (Å²) < 4.78 is 0. The molecule has 4 rings (SSSR count). The number of H-pyrrole nitrogens is 1. The summed E-state index contributed by atoms with van der Waals surface area (Å²) in [6.07, 6.45) is 0. The third-order valence-electron chi connectivity index (χ3n) is 4.29. The zero-order valence-electron chi connectivity index (χ0n) is 14.3. The Kier molecular flexibility index (Phi) is 3.96. The highest BCUT2D eigenvalue weighted by Gasteiger charge is 2.21. The Hall–Kier alpha value is -3.48. The quantitative estimate of drug-likeness (QED) is 0.581. The van der Waals surface area contributed by atoms with Gasteiger partial charge in [-0.2, -0.15) is 0 Å². The molecule has 2 aromatic carbocycles. The van der Waals surface area contributed by atoms with E-state index in [0.717, 1.165) is 22.3 Å². The van der Waals surface area contributed by atoms with Crippen LogP contribution in [0.2, 0.25) is 0 Å². The third kappa shape index (κ3) is 3.19. The van der Waals surface area contributed by atoms with Gasteiger partial charge >= 0.3 is 12.1 Å². The van der Waals surface area contributed by atoms with Gasteiger partial charge in [-0.25, -0.2) is 9.59 Å². The van der Waals surface area contributed by atoms with Gasteiger partial charge in [-0.15, -0.1) is 0 Å². The second-order valence-corrected chi connectivity index (χ2v) is 6.27. The lowest BCUT2D eigenvalue weighted by Gasteiger charge is -2.15. The van der Waals surface area contributed by atoms with Crippen LogP contribution < -0.4 is 20.9 Å². The second kappa shape index (κ2) is 6.44. The standard InChI is InChI=1S/C19H19N5O2/c1-12-9-13-10-15(5-6-17(13)21-12)23-18(25)22-14-3-2-4-16(11-14)24-8-7-20-19(24)26/h2-6,9-11,21H,7-8H2,1H3,(H,20,26)(H2,22,23,25). The number of urea groups is 2. The zero-order valence-corrected chi connectivity index (χ0v) is 14.3. The summed E-state index contributed by atoms with van der Waals surface area (Å²) in [5.74, 6) is 0. The average molecular weight is 349 g/mol. The van der Waals surface area contributed by atoms with E-state index >= 15 is 0 Å². The molecule has 3 aromatic rings. The average Bonchev–Trinajstić information content (AvgIpc) is 3.19. The maximum absolute atomic E-state index is 12.3. The van der Waals surface area contributed by atoms with Gasteiger partial charge in [0.2, 0.25) is 0 Å². The summed E-state index contributed by atoms with van der Waals surface area (Å²) >= 11 is 0. The number of aromatic nitrogens is 1. The number of nitrogens with one attached hydrogen (secondary N) is 4. The fraction of sp³-hybridized carbons (Fsp3) is 0.158. The van der Waals surface area contributed by atoms with Gasteiger partial charge in [-0.05, 0) is 49.4 Å². The van der Waals surface area contributed by atoms with Crippen LogP contribution in [-0.2, 0) is 0 Å². The Morgan fingerprint density at radius 3 is 2.65 bits per heavy atom. The molecule has 1 aliphatic heterocycles. The molecule has 0 saturated carbocycles. The van der Waals surface area contributed by atoms with Gasteiger partial charge in [0, 0.05) is 46.7 Å². The Balaban J connectivity index is 1.46. The number of benzene rings is 2. The fourth-order valence-electron chi connectivity index (χ4n) is 3.12. The summed E-state index contributed by atoms with van der Waals surface area (Å²) in [7, 11) is 0. The number of hydrogen-bond acceptors (Lipinski definition) is 2. The third-order valence-corrected chi connectivity index (χ3v) is 4.29. The van der Waals surface area contributed by atoms with Crippen LogP contribution in [0.1, 0.15) is 5.69 Å². The van der Waals surface area contributed by atoms with Crippen molar-refractivity contribution in [3.8, 4) is 0 Å². The van der Waals surface area contributed by atoms with Crippen LogP contribution in [0.4, 0.5) is 26.7 Å². The van der Waals surface area contributed by atoms with Gasteiger partial charge in [0.1, 0.15) is 0 Å². The number of fused-ring (bicyclic) bond motifs is 1. The molecule has 1 aliphatic rings. The van der Waals surface area contributed by atoms with Gasteiger partial charge in [-0.3, -0.25) is 4.90 Å². The molecule has 1 fully saturated rings. The SMILES string of the molecule is Cc1cc2cc(NC(=O)Nc3cccc(N4CCNC4=O)c3)ccc2[nH]1. The maximum Gasteiger partial charge on any atom is 0.323 e. The van der Waals surface area contributed by atoms with Crippen LogP contribution in [-0.4, -0.2) is 30.1 Å². The van der Waals surface area contributed by atoms with Crippen molar-refractivity contribution in [1.82, 2.24) is 10.3 Å². The summed E-state index contributed by atoms with van der Waals surface area (Å²) in [6.45, 7) is 3.23. The van der Waals surface area contributed by atoms with Crippen LogP contribution in [0, 0.1) is 6.92 Å². The van der Waals surface area contributed by atoms with Crippen molar-refractivity contribution in [2.45, 2.75) is 6.92 Å². The molecule has 4 N–H and O–H groups in total. The highest BCUT2D eigenvalue weighted by molar-refractivity contribution is 6.02. The molecule has 0 radical (unpaired) electrons. The lowest BCUT2D eigenvalue weighted by Crippen LogP contribution is -2.27. The van der Waals surface area contributed by atoms with Crippen LogP contribution in [0.5, 0.6) is 0 Å². The van der Waals surface area contributed by atoms with E-state index in [0.29, 0.717) is 24.5 Å². The highest BCUT2D eigenvalue weighted by atomic mass is 16.2. The van der Waals surface area contributed by atoms with E-state index in [2.05, 4.69) is 20.9 Å². The maximum atomic E-state index is 12.3. The molecule has 1 saturated heterocycles. The number of carbonyl (C=O) groups excluding carboxylic acids is 2. The van der Waals surface area contributed by atoms with Crippen LogP contribution in [0.25, 0.3) is 10.9 Å². The van der Waals surface area contributed by atoms with E-state index in [-0.39, 0.29) is 12.1 Å². The Labute approximate surface area is 150 Å². The number of hydrogen-bond donors (Lipinski definition) is 4. The lowest BCUT2D eigenvalue weighted by molar-refractivity contribution is 0.252. The minimum Gasteiger partial charge on any atom is -0.359 e. The Morgan fingerprint density at radius 2 is 1.88 bits per heavy atom. The summed E-state index contributed by atoms with van der Waals surface area (Å²) in [5.41, 5.74) is 4.19. The van der Waals surface area contributed by atoms with Gasteiger partial charge < -0.3 is 20.9 Å². The van der Waals surface area contributed by atoms with Crippen molar-refractivity contribution in [3.63, 3.8) is 0 Å². The first kappa shape index (κ1) is 16.0. The number of rotatable bonds is 3. The van der Waals surface area contributed by atoms with Crippen molar-refractivity contribution in [2.24, 2.45) is 0 Å². The van der Waals surface area contributed by atoms with E-state index < -0.39 is 0 Å². The monoisotopic (exact) mass is 349 g/mol. The second-order valence-electron chi connectivity index (χ2n) is 6.27. The fourth-order valence-corrected chi connectivity index (χ4v) is 3.12. The van der Waals surface area contributed by atoms with E-state index in [1.807, 2.05) is 43.3 Å². The number of aromatic amines is 1. The minimum absolute atomic E-state index is 0.123. The molecule has 2 heterocycles. The summed E-state index contributed by atoms with van der Waals surface area (Å²) in [6, 6.07) is 14.5. The van der Waals surface area contributed by atoms with Crippen molar-refractivity contribution in [2.75, 3.05) is 28.6 Å². The van der Waals surface area contributed by atoms with Crippen molar-refractivity contribution >= 4 is 40.0 Å². The first-order valence-electron chi connectivity index (χ1n) is 8.41. The van der Waals surface area contributed by atoms with Gasteiger partial charge in [-0.1, -0.05) is 6.07 Å². The molecule has 4 amide bonds. The van der Waals surface area contributed by atoms with Crippen molar-refractivity contribution in [3.05, 3.63) is 54.2 Å². The number of amides is 4. The molecule has 7 heteroatoms. The smallest absolute Gasteiger partial charge is 0.323 e. The predicted molar refractivity (Wildman–Crippen MR) is 103 cm³/mol. The highest BCUT2D eigenvalue weighted by Crippen LogP contribution is 2.22. The van der Waals surface area contributed by atoms with Crippen molar-refractivity contribution in [1.29, 1.82) is 0 Å². The van der Waals surface area contributed by atoms with E-state index in [1.54, 1.807) is 17.0 Å². The molecule has 26 heavy (non-hydrogen) atoms. The molecule has 0 aliphatic carbocycles. The number of nitrogens with zero attached hydrogens (tertiary/aromatic N) is 1. The Morgan fingerprint density at radius 1 is 1.08 bits per heavy atom. The normalized spacial score (nSPS) is 13.7. The van der Waals surface area contributed by atoms with E-state index in [1.165, 1.54) is 0 Å². The van der Waals surface area contributed by atoms with Crippen LogP contribution >= 0.6 is 0 Å². The van der Waals surface area contributed by atoms with Gasteiger partial charge in [0.15, 0.2) is 0 Å². The minimum atomic E-state index is -0.334. The number of aryl methyl sites for hydroxylation is 1. The van der Waals surface area contributed by atoms with Crippen molar-refractivity contribution < 1.29 is 9.59 Å². The molecule has 1 aromatic heterocycles. The summed E-state index contributed by atoms with van der Waals surface area (Å²) in [5, 5.41) is 9.44. The first-order chi connectivity index (χ1) is 12.6. The first-order valence-corrected chi connectivity index (χ1v) is 8.41. The van der Waals surface area contributed by atoms with Crippen LogP contribution in [0.15, 0.2) is 48.5 Å². The topological polar surface area (TPSA) is 89.3 Å². The molecule has 0 spiro atoms. The zero-order chi connectivity index (χ0) is 18.1. The van der Waals surface area contributed by atoms with Crippen LogP contribution in [0.3, 0.4) is 0 Å². The number of anilines is 3. The van der Waals surface area contributed by atoms with Gasteiger partial charge in [0.25, 0.3) is 0 Å². The summed E-state index contributed by atoms with van der Waals surface area (Å²) in [4.78, 5) is 29.0. The van der Waals surface area contributed by atoms with E-state index in [4.69, 9.17) is 0 Å². The largest absolute Gasteiger partial charge is 0.359 e.